The summed E-state index contributed by atoms with van der Waals surface area (Å²) in [5.74, 6) is 0.280. The Morgan fingerprint density at radius 3 is 2.45 bits per heavy atom. The summed E-state index contributed by atoms with van der Waals surface area (Å²) < 4.78 is 5.95. The molecule has 1 saturated heterocycles. The van der Waals surface area contributed by atoms with Crippen molar-refractivity contribution in [2.45, 2.75) is 83.8 Å². The Labute approximate surface area is 329 Å². The van der Waals surface area contributed by atoms with Crippen LogP contribution < -0.4 is 15.4 Å². The van der Waals surface area contributed by atoms with E-state index < -0.39 is 41.6 Å². The van der Waals surface area contributed by atoms with Crippen LogP contribution in [0, 0.1) is 39.2 Å². The molecule has 13 nitrogen and oxygen atoms in total. The molecule has 302 valence electrons. The normalized spacial score (nSPS) is 26.6. The van der Waals surface area contributed by atoms with Crippen molar-refractivity contribution in [3.63, 3.8) is 0 Å². The molecule has 13 heteroatoms. The predicted molar refractivity (Wildman–Crippen MR) is 213 cm³/mol. The lowest BCUT2D eigenvalue weighted by Gasteiger charge is -2.62. The number of aliphatic hydroxyl groups is 2. The summed E-state index contributed by atoms with van der Waals surface area (Å²) in [5.41, 5.74) is 2.67. The van der Waals surface area contributed by atoms with E-state index in [-0.39, 0.29) is 47.1 Å². The van der Waals surface area contributed by atoms with E-state index >= 15 is 0 Å². The van der Waals surface area contributed by atoms with Gasteiger partial charge in [0.05, 0.1) is 31.3 Å². The Balaban J connectivity index is 1.28. The number of hydroxylamine groups is 2. The number of fused-ring (bicyclic) bond motifs is 2. The molecule has 2 bridgehead atoms. The number of non-ortho nitro benzene ring substituents is 1. The number of hydrogen-bond donors (Lipinski definition) is 4. The van der Waals surface area contributed by atoms with Gasteiger partial charge in [0.25, 0.3) is 11.6 Å². The molecule has 3 aromatic carbocycles. The molecule has 0 aromatic heterocycles. The fourth-order valence-corrected chi connectivity index (χ4v) is 9.60. The number of hydrogen-bond acceptors (Lipinski definition) is 10. The van der Waals surface area contributed by atoms with Gasteiger partial charge in [-0.25, -0.2) is 0 Å². The van der Waals surface area contributed by atoms with Crippen molar-refractivity contribution in [3.8, 4) is 16.9 Å². The molecule has 0 unspecified atom stereocenters. The van der Waals surface area contributed by atoms with Gasteiger partial charge < -0.3 is 30.5 Å². The number of methoxy groups -OCH3 is 1. The van der Waals surface area contributed by atoms with Crippen LogP contribution in [0.3, 0.4) is 0 Å². The first-order valence-electron chi connectivity index (χ1n) is 19.6. The van der Waals surface area contributed by atoms with Gasteiger partial charge in [0.1, 0.15) is 17.9 Å². The molecule has 2 amide bonds. The number of nitrogens with zero attached hydrogens (tertiary/aromatic N) is 3. The number of amides is 2. The molecule has 1 heterocycles. The third kappa shape index (κ3) is 8.47. The Kier molecular flexibility index (Phi) is 12.5. The van der Waals surface area contributed by atoms with E-state index in [0.717, 1.165) is 12.0 Å². The second-order valence-corrected chi connectivity index (χ2v) is 16.9. The number of ether oxygens (including phenoxy) is 1. The van der Waals surface area contributed by atoms with E-state index in [4.69, 9.17) is 9.57 Å². The quantitative estimate of drug-likeness (QED) is 0.124. The average molecular weight is 772 g/mol. The first kappa shape index (κ1) is 41.2. The molecule has 0 radical (unpaired) electrons. The van der Waals surface area contributed by atoms with Crippen LogP contribution in [0.25, 0.3) is 11.1 Å². The van der Waals surface area contributed by atoms with Crippen molar-refractivity contribution in [3.05, 3.63) is 93.5 Å². The number of aliphatic hydroxyl groups excluding tert-OH is 2. The van der Waals surface area contributed by atoms with E-state index in [2.05, 4.69) is 31.4 Å². The van der Waals surface area contributed by atoms with Crippen LogP contribution in [0.15, 0.2) is 66.7 Å². The molecule has 3 aliphatic carbocycles. The van der Waals surface area contributed by atoms with Crippen LogP contribution >= 0.6 is 0 Å². The lowest BCUT2D eigenvalue weighted by atomic mass is 9.45. The fourth-order valence-electron chi connectivity index (χ4n) is 9.60. The van der Waals surface area contributed by atoms with Crippen LogP contribution in [-0.2, 0) is 22.6 Å². The summed E-state index contributed by atoms with van der Waals surface area (Å²) in [6, 6.07) is 18.3. The zero-order valence-electron chi connectivity index (χ0n) is 33.5. The number of para-hydroxylation sites is 1. The molecular weight excluding hydrogens is 714 g/mol. The van der Waals surface area contributed by atoms with Gasteiger partial charge in [0, 0.05) is 53.4 Å². The average Bonchev–Trinajstić information content (AvgIpc) is 3.53. The maximum atomic E-state index is 14.2. The maximum Gasteiger partial charge on any atom is 0.270 e. The van der Waals surface area contributed by atoms with Crippen molar-refractivity contribution < 1.29 is 34.3 Å². The summed E-state index contributed by atoms with van der Waals surface area (Å²) in [5, 5.41) is 41.4. The predicted octanol–water partition coefficient (Wildman–Crippen LogP) is 4.83. The highest BCUT2D eigenvalue weighted by molar-refractivity contribution is 5.97. The Bertz CT molecular complexity index is 1890. The van der Waals surface area contributed by atoms with Crippen LogP contribution in [-0.4, -0.2) is 102 Å². The molecular formula is C43H57N5O8. The summed E-state index contributed by atoms with van der Waals surface area (Å²) in [6.45, 7) is 8.62. The molecule has 4 fully saturated rings. The van der Waals surface area contributed by atoms with Crippen LogP contribution in [0.5, 0.6) is 5.75 Å². The standard InChI is InChI=1S/C43H57N5O8/c1-25-35-20-31(43(35,3)4)21-36(25)45-42(52)39-38(26(2)50)37(24-49)56-47(39)22-28-14-11-15-34(40(28)55-7)29-17-30(19-33(18-29)48(53)54)41(51)44-32(23-46(5)6)16-27-12-9-8-10-13-27/h8-15,17-19,25-26,31-32,35-39,49-50H,16,20-24H2,1-7H3,(H,44,51)(H,45,52)/t25-,26-,31+,32-,35+,36-,37-,38+,39-/m0/s1. The van der Waals surface area contributed by atoms with Crippen LogP contribution in [0.1, 0.15) is 62.0 Å². The van der Waals surface area contributed by atoms with Gasteiger partial charge in [-0.05, 0) is 80.6 Å². The van der Waals surface area contributed by atoms with Gasteiger partial charge in [0.15, 0.2) is 0 Å². The molecule has 3 saturated carbocycles. The van der Waals surface area contributed by atoms with Gasteiger partial charge in [0.2, 0.25) is 5.91 Å². The number of nitrogens with one attached hydrogen (secondary N) is 2. The smallest absolute Gasteiger partial charge is 0.270 e. The monoisotopic (exact) mass is 771 g/mol. The zero-order valence-corrected chi connectivity index (χ0v) is 33.5. The molecule has 9 atom stereocenters. The third-order valence-corrected chi connectivity index (χ3v) is 12.6. The third-order valence-electron chi connectivity index (χ3n) is 12.6. The Morgan fingerprint density at radius 1 is 1.11 bits per heavy atom. The van der Waals surface area contributed by atoms with Crippen LogP contribution in [0.2, 0.25) is 0 Å². The molecule has 3 aromatic rings. The highest BCUT2D eigenvalue weighted by Crippen LogP contribution is 2.61. The minimum absolute atomic E-state index is 0.0152. The van der Waals surface area contributed by atoms with Crippen molar-refractivity contribution in [1.29, 1.82) is 0 Å². The fraction of sp³-hybridized carbons (Fsp3) is 0.535. The SMILES string of the molecule is COc1c(CN2O[C@@H](CO)[C@@H]([C@H](C)O)[C@H]2C(=O)N[C@H]2C[C@H]3C[C@H]([C@@H]2C)C3(C)C)cccc1-c1cc(C(=O)N[C@@H](Cc2ccccc2)CN(C)C)cc([N+](=O)[O-])c1. The number of rotatable bonds is 15. The summed E-state index contributed by atoms with van der Waals surface area (Å²) in [7, 11) is 5.33. The number of carbonyl (C=O) groups excluding carboxylic acids is 2. The van der Waals surface area contributed by atoms with E-state index in [0.29, 0.717) is 47.2 Å². The first-order chi connectivity index (χ1) is 26.6. The van der Waals surface area contributed by atoms with Gasteiger partial charge >= 0.3 is 0 Å². The summed E-state index contributed by atoms with van der Waals surface area (Å²) >= 11 is 0. The number of carbonyl (C=O) groups is 2. The second kappa shape index (κ2) is 17.0. The molecule has 0 spiro atoms. The minimum Gasteiger partial charge on any atom is -0.496 e. The van der Waals surface area contributed by atoms with Gasteiger partial charge in [-0.15, -0.1) is 0 Å². The maximum absolute atomic E-state index is 14.2. The van der Waals surface area contributed by atoms with Crippen molar-refractivity contribution in [2.75, 3.05) is 34.4 Å². The number of benzene rings is 3. The lowest BCUT2D eigenvalue weighted by molar-refractivity contribution is -0.384. The summed E-state index contributed by atoms with van der Waals surface area (Å²) in [6.07, 6.45) is 0.838. The van der Waals surface area contributed by atoms with E-state index in [1.807, 2.05) is 55.4 Å². The number of nitro groups is 1. The van der Waals surface area contributed by atoms with Gasteiger partial charge in [-0.2, -0.15) is 5.06 Å². The number of nitro benzene ring substituents is 1. The van der Waals surface area contributed by atoms with E-state index in [1.165, 1.54) is 30.7 Å². The topological polar surface area (TPSA) is 167 Å². The van der Waals surface area contributed by atoms with Gasteiger partial charge in [-0.1, -0.05) is 69.3 Å². The van der Waals surface area contributed by atoms with Crippen molar-refractivity contribution in [1.82, 2.24) is 20.6 Å². The zero-order chi connectivity index (χ0) is 40.5. The number of likely N-dealkylation sites (N-methyl/N-ethyl adjacent to an activating group) is 1. The van der Waals surface area contributed by atoms with Crippen LogP contribution in [0.4, 0.5) is 5.69 Å². The molecule has 1 aliphatic heterocycles. The lowest BCUT2D eigenvalue weighted by Crippen LogP contribution is -2.62. The molecule has 7 rings (SSSR count). The van der Waals surface area contributed by atoms with Gasteiger partial charge in [-0.3, -0.25) is 24.5 Å². The Hall–Kier alpha value is -4.40. The minimum atomic E-state index is -0.961. The Morgan fingerprint density at radius 2 is 1.84 bits per heavy atom. The van der Waals surface area contributed by atoms with Crippen molar-refractivity contribution >= 4 is 17.5 Å². The van der Waals surface area contributed by atoms with Crippen molar-refractivity contribution in [2.24, 2.45) is 29.1 Å². The highest BCUT2D eigenvalue weighted by atomic mass is 16.7. The largest absolute Gasteiger partial charge is 0.496 e. The highest BCUT2D eigenvalue weighted by Gasteiger charge is 2.57. The first-order valence-corrected chi connectivity index (χ1v) is 19.6. The summed E-state index contributed by atoms with van der Waals surface area (Å²) in [4.78, 5) is 47.9. The van der Waals surface area contributed by atoms with E-state index in [1.54, 1.807) is 25.1 Å². The molecule has 56 heavy (non-hydrogen) atoms. The molecule has 4 aliphatic rings. The second-order valence-electron chi connectivity index (χ2n) is 16.9. The molecule has 4 N–H and O–H groups in total. The van der Waals surface area contributed by atoms with E-state index in [9.17, 15) is 29.9 Å².